The number of nitrogens with zero attached hydrogens (tertiary/aromatic N) is 4. The van der Waals surface area contributed by atoms with E-state index in [0.29, 0.717) is 18.7 Å². The number of tetrazole rings is 1. The number of aromatic nitrogens is 4. The molecule has 0 aliphatic carbocycles. The first-order valence-corrected chi connectivity index (χ1v) is 9.16. The molecule has 8 nitrogen and oxygen atoms in total. The molecule has 1 heterocycles. The molecule has 2 rings (SSSR count). The number of ether oxygens (including phenoxy) is 1. The molecule has 0 saturated carbocycles. The Morgan fingerprint density at radius 3 is 2.62 bits per heavy atom. The quantitative estimate of drug-likeness (QED) is 0.513. The van der Waals surface area contributed by atoms with Crippen molar-refractivity contribution in [3.63, 3.8) is 0 Å². The monoisotopic (exact) mass is 376 g/mol. The minimum atomic E-state index is -0.319. The SMILES string of the molecule is CCCCOc1ccc(C(=O)NC(=S)Nc2nnn(CCCC)n2)cc1. The lowest BCUT2D eigenvalue weighted by Gasteiger charge is -2.08. The van der Waals surface area contributed by atoms with Crippen molar-refractivity contribution in [2.45, 2.75) is 46.1 Å². The van der Waals surface area contributed by atoms with Gasteiger partial charge in [-0.15, -0.1) is 5.10 Å². The summed E-state index contributed by atoms with van der Waals surface area (Å²) in [6.45, 7) is 5.55. The van der Waals surface area contributed by atoms with Crippen molar-refractivity contribution >= 4 is 29.2 Å². The number of hydrogen-bond acceptors (Lipinski definition) is 6. The van der Waals surface area contributed by atoms with Crippen LogP contribution in [-0.2, 0) is 6.54 Å². The normalized spacial score (nSPS) is 10.4. The van der Waals surface area contributed by atoms with Gasteiger partial charge in [-0.05, 0) is 54.5 Å². The summed E-state index contributed by atoms with van der Waals surface area (Å²) in [5.41, 5.74) is 0.483. The van der Waals surface area contributed by atoms with E-state index in [-0.39, 0.29) is 17.0 Å². The number of nitrogens with one attached hydrogen (secondary N) is 2. The van der Waals surface area contributed by atoms with Crippen molar-refractivity contribution in [3.05, 3.63) is 29.8 Å². The molecular weight excluding hydrogens is 352 g/mol. The predicted molar refractivity (Wildman–Crippen MR) is 103 cm³/mol. The van der Waals surface area contributed by atoms with Crippen molar-refractivity contribution < 1.29 is 9.53 Å². The number of carbonyl (C=O) groups is 1. The third kappa shape index (κ3) is 6.40. The molecule has 0 bridgehead atoms. The number of rotatable bonds is 9. The van der Waals surface area contributed by atoms with Crippen LogP contribution in [-0.4, -0.2) is 37.8 Å². The van der Waals surface area contributed by atoms with E-state index in [9.17, 15) is 4.79 Å². The van der Waals surface area contributed by atoms with Crippen LogP contribution in [0.1, 0.15) is 49.9 Å². The molecule has 0 aliphatic heterocycles. The minimum Gasteiger partial charge on any atom is -0.494 e. The molecule has 26 heavy (non-hydrogen) atoms. The number of benzene rings is 1. The van der Waals surface area contributed by atoms with Crippen LogP contribution in [0.4, 0.5) is 5.95 Å². The summed E-state index contributed by atoms with van der Waals surface area (Å²) in [6.07, 6.45) is 4.09. The Kier molecular flexibility index (Phi) is 7.94. The average molecular weight is 376 g/mol. The Balaban J connectivity index is 1.82. The summed E-state index contributed by atoms with van der Waals surface area (Å²) in [5.74, 6) is 0.677. The van der Waals surface area contributed by atoms with Crippen LogP contribution in [0, 0.1) is 0 Å². The van der Waals surface area contributed by atoms with Crippen molar-refractivity contribution in [2.75, 3.05) is 11.9 Å². The van der Waals surface area contributed by atoms with Crippen LogP contribution >= 0.6 is 12.2 Å². The van der Waals surface area contributed by atoms with Gasteiger partial charge in [-0.25, -0.2) is 0 Å². The fraction of sp³-hybridized carbons (Fsp3) is 0.471. The largest absolute Gasteiger partial charge is 0.494 e. The van der Waals surface area contributed by atoms with Crippen molar-refractivity contribution in [1.29, 1.82) is 0 Å². The molecule has 1 aromatic carbocycles. The van der Waals surface area contributed by atoms with Gasteiger partial charge in [-0.1, -0.05) is 31.8 Å². The van der Waals surface area contributed by atoms with Crippen molar-refractivity contribution in [2.24, 2.45) is 0 Å². The van der Waals surface area contributed by atoms with Gasteiger partial charge in [0.15, 0.2) is 5.11 Å². The zero-order chi connectivity index (χ0) is 18.8. The summed E-state index contributed by atoms with van der Waals surface area (Å²) in [6, 6.07) is 6.92. The number of anilines is 1. The van der Waals surface area contributed by atoms with Crippen LogP contribution in [0.3, 0.4) is 0 Å². The number of hydrogen-bond donors (Lipinski definition) is 2. The highest BCUT2D eigenvalue weighted by molar-refractivity contribution is 7.80. The van der Waals surface area contributed by atoms with Gasteiger partial charge in [0.25, 0.3) is 11.9 Å². The molecule has 140 valence electrons. The molecule has 1 aromatic heterocycles. The molecule has 0 spiro atoms. The van der Waals surface area contributed by atoms with Crippen LogP contribution in [0.25, 0.3) is 0 Å². The predicted octanol–water partition coefficient (Wildman–Crippen LogP) is 2.78. The number of unbranched alkanes of at least 4 members (excludes halogenated alkanes) is 2. The second-order valence-electron chi connectivity index (χ2n) is 5.70. The summed E-state index contributed by atoms with van der Waals surface area (Å²) in [7, 11) is 0. The summed E-state index contributed by atoms with van der Waals surface area (Å²) in [4.78, 5) is 13.7. The molecular formula is C17H24N6O2S. The number of carbonyl (C=O) groups excluding carboxylic acids is 1. The maximum atomic E-state index is 12.2. The molecule has 0 fully saturated rings. The molecule has 2 aromatic rings. The Bertz CT molecular complexity index is 716. The van der Waals surface area contributed by atoms with Crippen molar-refractivity contribution in [3.8, 4) is 5.75 Å². The average Bonchev–Trinajstić information content (AvgIpc) is 3.07. The second-order valence-corrected chi connectivity index (χ2v) is 6.11. The maximum Gasteiger partial charge on any atom is 0.269 e. The highest BCUT2D eigenvalue weighted by Crippen LogP contribution is 2.12. The molecule has 0 unspecified atom stereocenters. The zero-order valence-corrected chi connectivity index (χ0v) is 15.9. The van der Waals surface area contributed by atoms with Gasteiger partial charge in [0, 0.05) is 5.56 Å². The molecule has 0 aliphatic rings. The van der Waals surface area contributed by atoms with E-state index < -0.39 is 0 Å². The van der Waals surface area contributed by atoms with E-state index in [1.807, 2.05) is 0 Å². The fourth-order valence-electron chi connectivity index (χ4n) is 2.03. The van der Waals surface area contributed by atoms with E-state index in [1.54, 1.807) is 24.3 Å². The molecule has 0 saturated heterocycles. The zero-order valence-electron chi connectivity index (χ0n) is 15.1. The van der Waals surface area contributed by atoms with E-state index in [2.05, 4.69) is 39.9 Å². The van der Waals surface area contributed by atoms with Gasteiger partial charge in [-0.3, -0.25) is 15.4 Å². The van der Waals surface area contributed by atoms with Crippen LogP contribution in [0.2, 0.25) is 0 Å². The molecule has 9 heteroatoms. The van der Waals surface area contributed by atoms with Gasteiger partial charge < -0.3 is 4.74 Å². The van der Waals surface area contributed by atoms with Gasteiger partial charge in [-0.2, -0.15) is 4.80 Å². The summed E-state index contributed by atoms with van der Waals surface area (Å²) >= 11 is 5.12. The topological polar surface area (TPSA) is 94.0 Å². The van der Waals surface area contributed by atoms with E-state index in [1.165, 1.54) is 4.80 Å². The van der Waals surface area contributed by atoms with Crippen LogP contribution in [0.5, 0.6) is 5.75 Å². The smallest absolute Gasteiger partial charge is 0.269 e. The van der Waals surface area contributed by atoms with E-state index in [0.717, 1.165) is 31.4 Å². The number of amides is 1. The number of thiocarbonyl (C=S) groups is 1. The van der Waals surface area contributed by atoms with Gasteiger partial charge >= 0.3 is 0 Å². The van der Waals surface area contributed by atoms with Crippen LogP contribution < -0.4 is 15.4 Å². The molecule has 2 N–H and O–H groups in total. The first-order valence-electron chi connectivity index (χ1n) is 8.75. The lowest BCUT2D eigenvalue weighted by Crippen LogP contribution is -2.34. The van der Waals surface area contributed by atoms with Crippen LogP contribution in [0.15, 0.2) is 24.3 Å². The molecule has 0 atom stereocenters. The third-order valence-corrected chi connectivity index (χ3v) is 3.70. The lowest BCUT2D eigenvalue weighted by atomic mass is 10.2. The minimum absolute atomic E-state index is 0.119. The summed E-state index contributed by atoms with van der Waals surface area (Å²) < 4.78 is 5.58. The Morgan fingerprint density at radius 2 is 1.92 bits per heavy atom. The standard InChI is InChI=1S/C17H24N6O2S/c1-3-5-11-23-21-16(20-22-23)19-17(26)18-15(24)13-7-9-14(10-8-13)25-12-6-4-2/h7-10H,3-6,11-12H2,1-2H3,(H2,18,19,21,24,26). The van der Waals surface area contributed by atoms with E-state index in [4.69, 9.17) is 17.0 Å². The van der Waals surface area contributed by atoms with Gasteiger partial charge in [0.2, 0.25) is 0 Å². The summed E-state index contributed by atoms with van der Waals surface area (Å²) in [5, 5.41) is 17.4. The number of aryl methyl sites for hydroxylation is 1. The maximum absolute atomic E-state index is 12.2. The van der Waals surface area contributed by atoms with Gasteiger partial charge in [0.1, 0.15) is 5.75 Å². The third-order valence-electron chi connectivity index (χ3n) is 3.50. The molecule has 0 radical (unpaired) electrons. The first kappa shape index (κ1) is 19.8. The highest BCUT2D eigenvalue weighted by atomic mass is 32.1. The fourth-order valence-corrected chi connectivity index (χ4v) is 2.22. The highest BCUT2D eigenvalue weighted by Gasteiger charge is 2.10. The van der Waals surface area contributed by atoms with Crippen molar-refractivity contribution in [1.82, 2.24) is 25.5 Å². The van der Waals surface area contributed by atoms with Gasteiger partial charge in [0.05, 0.1) is 13.2 Å². The Morgan fingerprint density at radius 1 is 1.19 bits per heavy atom. The molecule has 1 amide bonds. The Hall–Kier alpha value is -2.55. The van der Waals surface area contributed by atoms with E-state index >= 15 is 0 Å². The lowest BCUT2D eigenvalue weighted by molar-refractivity contribution is 0.0977. The second kappa shape index (κ2) is 10.4. The Labute approximate surface area is 158 Å². The first-order chi connectivity index (χ1) is 12.6.